The third-order valence-corrected chi connectivity index (χ3v) is 3.53. The standard InChI is InChI=1S/C13H8Cl3N3O/c14-10-1-2-11(15)12(16)9(10)7-18-19-13(20)8-3-5-17-6-4-8/h1-7H,(H,19,20)/b18-7-. The lowest BCUT2D eigenvalue weighted by Gasteiger charge is -2.03. The normalized spacial score (nSPS) is 10.8. The molecule has 0 atom stereocenters. The zero-order chi connectivity index (χ0) is 14.5. The Morgan fingerprint density at radius 2 is 1.75 bits per heavy atom. The fourth-order valence-electron chi connectivity index (χ4n) is 1.38. The summed E-state index contributed by atoms with van der Waals surface area (Å²) in [5.41, 5.74) is 3.25. The highest BCUT2D eigenvalue weighted by atomic mass is 35.5. The van der Waals surface area contributed by atoms with Crippen LogP contribution in [0.2, 0.25) is 15.1 Å². The molecule has 0 saturated heterocycles. The lowest BCUT2D eigenvalue weighted by atomic mass is 10.2. The van der Waals surface area contributed by atoms with Gasteiger partial charge in [0.05, 0.1) is 21.3 Å². The molecule has 102 valence electrons. The molecule has 1 aromatic carbocycles. The molecule has 0 aliphatic carbocycles. The minimum absolute atomic E-state index is 0.279. The minimum atomic E-state index is -0.363. The summed E-state index contributed by atoms with van der Waals surface area (Å²) in [7, 11) is 0. The average Bonchev–Trinajstić information content (AvgIpc) is 2.47. The largest absolute Gasteiger partial charge is 0.271 e. The molecular weight excluding hydrogens is 321 g/mol. The molecule has 0 aliphatic rings. The van der Waals surface area contributed by atoms with Crippen LogP contribution in [0.4, 0.5) is 0 Å². The van der Waals surface area contributed by atoms with Crippen LogP contribution in [0.15, 0.2) is 41.8 Å². The van der Waals surface area contributed by atoms with Crippen molar-refractivity contribution >= 4 is 46.9 Å². The number of nitrogens with one attached hydrogen (secondary N) is 1. The van der Waals surface area contributed by atoms with E-state index in [0.29, 0.717) is 21.2 Å². The monoisotopic (exact) mass is 327 g/mol. The van der Waals surface area contributed by atoms with Gasteiger partial charge >= 0.3 is 0 Å². The first-order chi connectivity index (χ1) is 9.59. The average molecular weight is 329 g/mol. The smallest absolute Gasteiger partial charge is 0.267 e. The molecule has 0 fully saturated rings. The molecule has 1 heterocycles. The van der Waals surface area contributed by atoms with Gasteiger partial charge in [-0.05, 0) is 24.3 Å². The molecular formula is C13H8Cl3N3O. The van der Waals surface area contributed by atoms with Crippen LogP contribution in [-0.2, 0) is 0 Å². The van der Waals surface area contributed by atoms with Crippen molar-refractivity contribution in [3.63, 3.8) is 0 Å². The molecule has 0 bridgehead atoms. The predicted molar refractivity (Wildman–Crippen MR) is 80.8 cm³/mol. The lowest BCUT2D eigenvalue weighted by molar-refractivity contribution is 0.0955. The van der Waals surface area contributed by atoms with Crippen molar-refractivity contribution < 1.29 is 4.79 Å². The number of hydrogen-bond donors (Lipinski definition) is 1. The number of amides is 1. The van der Waals surface area contributed by atoms with E-state index in [0.717, 1.165) is 0 Å². The highest BCUT2D eigenvalue weighted by molar-refractivity contribution is 6.45. The molecule has 1 N–H and O–H groups in total. The molecule has 0 saturated carbocycles. The number of rotatable bonds is 3. The van der Waals surface area contributed by atoms with Crippen LogP contribution in [0.1, 0.15) is 15.9 Å². The van der Waals surface area contributed by atoms with Crippen molar-refractivity contribution in [2.75, 3.05) is 0 Å². The first-order valence-corrected chi connectivity index (χ1v) is 6.60. The first-order valence-electron chi connectivity index (χ1n) is 5.46. The fourth-order valence-corrected chi connectivity index (χ4v) is 2.02. The van der Waals surface area contributed by atoms with Crippen LogP contribution in [0.3, 0.4) is 0 Å². The molecule has 0 unspecified atom stereocenters. The third kappa shape index (κ3) is 3.48. The van der Waals surface area contributed by atoms with E-state index < -0.39 is 0 Å². The molecule has 1 amide bonds. The molecule has 2 rings (SSSR count). The molecule has 20 heavy (non-hydrogen) atoms. The second-order valence-corrected chi connectivity index (χ2v) is 4.88. The maximum absolute atomic E-state index is 11.7. The molecule has 0 radical (unpaired) electrons. The molecule has 0 spiro atoms. The Bertz CT molecular complexity index is 659. The summed E-state index contributed by atoms with van der Waals surface area (Å²) in [6, 6.07) is 6.33. The van der Waals surface area contributed by atoms with E-state index in [1.54, 1.807) is 24.3 Å². The maximum Gasteiger partial charge on any atom is 0.271 e. The van der Waals surface area contributed by atoms with E-state index in [2.05, 4.69) is 15.5 Å². The quantitative estimate of drug-likeness (QED) is 0.529. The summed E-state index contributed by atoms with van der Waals surface area (Å²) in [5, 5.41) is 4.84. The van der Waals surface area contributed by atoms with Crippen molar-refractivity contribution in [3.8, 4) is 0 Å². The SMILES string of the molecule is O=C(N/N=C\c1c(Cl)ccc(Cl)c1Cl)c1ccncc1. The minimum Gasteiger partial charge on any atom is -0.267 e. The van der Waals surface area contributed by atoms with Gasteiger partial charge < -0.3 is 0 Å². The van der Waals surface area contributed by atoms with Crippen molar-refractivity contribution in [1.82, 2.24) is 10.4 Å². The van der Waals surface area contributed by atoms with Crippen molar-refractivity contribution in [2.45, 2.75) is 0 Å². The van der Waals surface area contributed by atoms with E-state index in [1.807, 2.05) is 0 Å². The fraction of sp³-hybridized carbons (Fsp3) is 0. The van der Waals surface area contributed by atoms with Crippen LogP contribution >= 0.6 is 34.8 Å². The van der Waals surface area contributed by atoms with Crippen LogP contribution in [-0.4, -0.2) is 17.1 Å². The number of nitrogens with zero attached hydrogens (tertiary/aromatic N) is 2. The highest BCUT2D eigenvalue weighted by Crippen LogP contribution is 2.29. The number of aromatic nitrogens is 1. The number of carbonyl (C=O) groups excluding carboxylic acids is 1. The maximum atomic E-state index is 11.7. The Kier molecular flexibility index (Phi) is 4.95. The molecule has 0 aliphatic heterocycles. The first kappa shape index (κ1) is 14.8. The number of halogens is 3. The Hall–Kier alpha value is -1.62. The number of hydrazone groups is 1. The predicted octanol–water partition coefficient (Wildman–Crippen LogP) is 3.81. The summed E-state index contributed by atoms with van der Waals surface area (Å²) in [4.78, 5) is 15.5. The van der Waals surface area contributed by atoms with Gasteiger partial charge in [-0.3, -0.25) is 9.78 Å². The van der Waals surface area contributed by atoms with Gasteiger partial charge in [0, 0.05) is 23.5 Å². The van der Waals surface area contributed by atoms with Gasteiger partial charge in [0.2, 0.25) is 0 Å². The van der Waals surface area contributed by atoms with Gasteiger partial charge in [0.1, 0.15) is 0 Å². The van der Waals surface area contributed by atoms with Gasteiger partial charge in [-0.1, -0.05) is 34.8 Å². The van der Waals surface area contributed by atoms with E-state index in [1.165, 1.54) is 18.6 Å². The summed E-state index contributed by atoms with van der Waals surface area (Å²) in [6.45, 7) is 0. The Balaban J connectivity index is 2.12. The summed E-state index contributed by atoms with van der Waals surface area (Å²) < 4.78 is 0. The van der Waals surface area contributed by atoms with E-state index in [9.17, 15) is 4.79 Å². The second-order valence-electron chi connectivity index (χ2n) is 3.69. The van der Waals surface area contributed by atoms with Gasteiger partial charge in [0.25, 0.3) is 5.91 Å². The molecule has 1 aromatic heterocycles. The number of carbonyl (C=O) groups is 1. The van der Waals surface area contributed by atoms with Crippen LogP contribution in [0, 0.1) is 0 Å². The van der Waals surface area contributed by atoms with E-state index in [-0.39, 0.29) is 10.9 Å². The summed E-state index contributed by atoms with van der Waals surface area (Å²) in [6.07, 6.45) is 4.38. The molecule has 4 nitrogen and oxygen atoms in total. The van der Waals surface area contributed by atoms with Crippen LogP contribution in [0.25, 0.3) is 0 Å². The van der Waals surface area contributed by atoms with E-state index in [4.69, 9.17) is 34.8 Å². The summed E-state index contributed by atoms with van der Waals surface area (Å²) in [5.74, 6) is -0.363. The van der Waals surface area contributed by atoms with Crippen LogP contribution in [0.5, 0.6) is 0 Å². The van der Waals surface area contributed by atoms with E-state index >= 15 is 0 Å². The molecule has 7 heteroatoms. The Morgan fingerprint density at radius 3 is 2.45 bits per heavy atom. The highest BCUT2D eigenvalue weighted by Gasteiger charge is 2.08. The van der Waals surface area contributed by atoms with Crippen molar-refractivity contribution in [3.05, 3.63) is 62.9 Å². The van der Waals surface area contributed by atoms with Crippen LogP contribution < -0.4 is 5.43 Å². The second kappa shape index (κ2) is 6.70. The van der Waals surface area contributed by atoms with Gasteiger partial charge in [-0.15, -0.1) is 0 Å². The number of benzene rings is 1. The number of hydrogen-bond acceptors (Lipinski definition) is 3. The Morgan fingerprint density at radius 1 is 1.10 bits per heavy atom. The lowest BCUT2D eigenvalue weighted by Crippen LogP contribution is -2.17. The molecule has 2 aromatic rings. The van der Waals surface area contributed by atoms with Gasteiger partial charge in [0.15, 0.2) is 0 Å². The zero-order valence-corrected chi connectivity index (χ0v) is 12.2. The van der Waals surface area contributed by atoms with Gasteiger partial charge in [-0.25, -0.2) is 5.43 Å². The zero-order valence-electron chi connectivity index (χ0n) is 9.98. The number of pyridine rings is 1. The Labute approximate surface area is 130 Å². The van der Waals surface area contributed by atoms with Crippen molar-refractivity contribution in [1.29, 1.82) is 0 Å². The van der Waals surface area contributed by atoms with Gasteiger partial charge in [-0.2, -0.15) is 5.10 Å². The topological polar surface area (TPSA) is 54.4 Å². The summed E-state index contributed by atoms with van der Waals surface area (Å²) >= 11 is 17.9. The van der Waals surface area contributed by atoms with Crippen molar-refractivity contribution in [2.24, 2.45) is 5.10 Å². The third-order valence-electron chi connectivity index (χ3n) is 2.38.